The molecule has 0 atom stereocenters. The Labute approximate surface area is 76.9 Å². The standard InChI is InChI=1S/C8H17ClOSi/c9-8(6-10-7-11)4-2-1-3-5-8/h1-7H2,11H3. The topological polar surface area (TPSA) is 9.23 Å². The predicted octanol–water partition coefficient (Wildman–Crippen LogP) is 1.27. The van der Waals surface area contributed by atoms with Crippen LogP contribution in [0, 0.1) is 0 Å². The van der Waals surface area contributed by atoms with Gasteiger partial charge < -0.3 is 4.74 Å². The lowest BCUT2D eigenvalue weighted by atomic mass is 9.89. The second-order valence-corrected chi connectivity index (χ2v) is 4.73. The highest BCUT2D eigenvalue weighted by Gasteiger charge is 2.29. The molecule has 1 nitrogen and oxygen atoms in total. The lowest BCUT2D eigenvalue weighted by molar-refractivity contribution is 0.131. The van der Waals surface area contributed by atoms with Crippen molar-refractivity contribution in [3.63, 3.8) is 0 Å². The Kier molecular flexibility index (Phi) is 3.89. The second-order valence-electron chi connectivity index (χ2n) is 3.35. The van der Waals surface area contributed by atoms with Crippen LogP contribution in [0.15, 0.2) is 0 Å². The fraction of sp³-hybridized carbons (Fsp3) is 1.00. The molecule has 66 valence electrons. The minimum Gasteiger partial charge on any atom is -0.384 e. The molecule has 1 aliphatic carbocycles. The molecule has 0 spiro atoms. The van der Waals surface area contributed by atoms with Crippen molar-refractivity contribution >= 4 is 21.8 Å². The minimum absolute atomic E-state index is 0.00264. The van der Waals surface area contributed by atoms with E-state index in [0.29, 0.717) is 0 Å². The van der Waals surface area contributed by atoms with Gasteiger partial charge in [-0.3, -0.25) is 0 Å². The van der Waals surface area contributed by atoms with Gasteiger partial charge in [-0.25, -0.2) is 0 Å². The molecule has 0 N–H and O–H groups in total. The molecule has 0 aliphatic heterocycles. The summed E-state index contributed by atoms with van der Waals surface area (Å²) < 4.78 is 5.41. The lowest BCUT2D eigenvalue weighted by Gasteiger charge is -2.30. The Morgan fingerprint density at radius 2 is 1.91 bits per heavy atom. The van der Waals surface area contributed by atoms with Gasteiger partial charge in [-0.2, -0.15) is 0 Å². The Morgan fingerprint density at radius 1 is 1.27 bits per heavy atom. The van der Waals surface area contributed by atoms with Gasteiger partial charge in [-0.15, -0.1) is 11.6 Å². The molecule has 0 bridgehead atoms. The van der Waals surface area contributed by atoms with Crippen molar-refractivity contribution < 1.29 is 4.74 Å². The Bertz CT molecular complexity index is 113. The summed E-state index contributed by atoms with van der Waals surface area (Å²) >= 11 is 6.34. The maximum absolute atomic E-state index is 6.34. The second kappa shape index (κ2) is 4.48. The summed E-state index contributed by atoms with van der Waals surface area (Å²) in [5.74, 6) is 0. The zero-order valence-electron chi connectivity index (χ0n) is 7.24. The van der Waals surface area contributed by atoms with Crippen molar-refractivity contribution in [2.24, 2.45) is 0 Å². The molecular weight excluding hydrogens is 176 g/mol. The molecule has 0 saturated heterocycles. The van der Waals surface area contributed by atoms with Crippen LogP contribution in [-0.4, -0.2) is 28.0 Å². The molecule has 0 amide bonds. The van der Waals surface area contributed by atoms with Gasteiger partial charge in [-0.1, -0.05) is 19.3 Å². The number of halogens is 1. The smallest absolute Gasteiger partial charge is 0.0679 e. The first-order valence-electron chi connectivity index (χ1n) is 4.53. The zero-order chi connectivity index (χ0) is 8.16. The van der Waals surface area contributed by atoms with E-state index in [-0.39, 0.29) is 4.87 Å². The Hall–Kier alpha value is 0.467. The van der Waals surface area contributed by atoms with Gasteiger partial charge >= 0.3 is 0 Å². The van der Waals surface area contributed by atoms with Crippen LogP contribution < -0.4 is 0 Å². The van der Waals surface area contributed by atoms with E-state index in [1.54, 1.807) is 0 Å². The number of rotatable bonds is 3. The van der Waals surface area contributed by atoms with Gasteiger partial charge in [0.1, 0.15) is 0 Å². The van der Waals surface area contributed by atoms with Gasteiger partial charge in [0.05, 0.1) is 11.5 Å². The van der Waals surface area contributed by atoms with Crippen LogP contribution in [0.25, 0.3) is 0 Å². The summed E-state index contributed by atoms with van der Waals surface area (Å²) in [7, 11) is 1.13. The first-order valence-corrected chi connectivity index (χ1v) is 6.33. The summed E-state index contributed by atoms with van der Waals surface area (Å²) in [4.78, 5) is 0.00264. The number of alkyl halides is 1. The Morgan fingerprint density at radius 3 is 2.45 bits per heavy atom. The van der Waals surface area contributed by atoms with Crippen LogP contribution >= 0.6 is 11.6 Å². The zero-order valence-corrected chi connectivity index (χ0v) is 9.99. The van der Waals surface area contributed by atoms with Crippen molar-refractivity contribution in [3.05, 3.63) is 0 Å². The van der Waals surface area contributed by atoms with Crippen LogP contribution in [0.4, 0.5) is 0 Å². The van der Waals surface area contributed by atoms with Crippen LogP contribution in [0.1, 0.15) is 32.1 Å². The first kappa shape index (κ1) is 9.55. The van der Waals surface area contributed by atoms with E-state index >= 15 is 0 Å². The van der Waals surface area contributed by atoms with E-state index in [1.807, 2.05) is 0 Å². The molecule has 11 heavy (non-hydrogen) atoms. The van der Waals surface area contributed by atoms with E-state index in [2.05, 4.69) is 0 Å². The summed E-state index contributed by atoms with van der Waals surface area (Å²) in [5, 5.41) is 0. The molecule has 0 radical (unpaired) electrons. The van der Waals surface area contributed by atoms with E-state index in [0.717, 1.165) is 35.9 Å². The molecule has 1 aliphatic rings. The molecule has 1 rings (SSSR count). The summed E-state index contributed by atoms with van der Waals surface area (Å²) in [6.45, 7) is 0.776. The van der Waals surface area contributed by atoms with Crippen molar-refractivity contribution in [3.8, 4) is 0 Å². The van der Waals surface area contributed by atoms with E-state index < -0.39 is 0 Å². The summed E-state index contributed by atoms with van der Waals surface area (Å²) in [6.07, 6.45) is 7.15. The van der Waals surface area contributed by atoms with Gasteiger partial charge in [0, 0.05) is 16.5 Å². The third-order valence-electron chi connectivity index (χ3n) is 2.31. The summed E-state index contributed by atoms with van der Waals surface area (Å²) in [5.41, 5.74) is 0. The van der Waals surface area contributed by atoms with Crippen molar-refractivity contribution in [2.45, 2.75) is 37.0 Å². The maximum atomic E-state index is 6.34. The number of hydrogen-bond acceptors (Lipinski definition) is 1. The molecule has 0 heterocycles. The van der Waals surface area contributed by atoms with Crippen LogP contribution in [0.5, 0.6) is 0 Å². The fourth-order valence-corrected chi connectivity index (χ4v) is 2.16. The van der Waals surface area contributed by atoms with Gasteiger partial charge in [-0.05, 0) is 12.8 Å². The van der Waals surface area contributed by atoms with E-state index in [1.165, 1.54) is 19.3 Å². The van der Waals surface area contributed by atoms with Gasteiger partial charge in [0.25, 0.3) is 0 Å². The van der Waals surface area contributed by atoms with Crippen molar-refractivity contribution in [1.82, 2.24) is 0 Å². The fourth-order valence-electron chi connectivity index (χ4n) is 1.61. The SMILES string of the molecule is [SiH3]COCC1(Cl)CCCCC1. The highest BCUT2D eigenvalue weighted by Crippen LogP contribution is 2.34. The van der Waals surface area contributed by atoms with Gasteiger partial charge in [0.2, 0.25) is 0 Å². The molecule has 1 fully saturated rings. The first-order chi connectivity index (χ1) is 5.27. The third-order valence-corrected chi connectivity index (χ3v) is 3.21. The average molecular weight is 193 g/mol. The minimum atomic E-state index is 0.00264. The molecular formula is C8H17ClOSi. The average Bonchev–Trinajstić information content (AvgIpc) is 2.03. The normalized spacial score (nSPS) is 23.7. The molecule has 1 saturated carbocycles. The quantitative estimate of drug-likeness (QED) is 0.484. The third kappa shape index (κ3) is 3.14. The largest absolute Gasteiger partial charge is 0.384 e. The highest BCUT2D eigenvalue weighted by atomic mass is 35.5. The lowest BCUT2D eigenvalue weighted by Crippen LogP contribution is -2.30. The number of ether oxygens (including phenoxy) is 1. The maximum Gasteiger partial charge on any atom is 0.0679 e. The van der Waals surface area contributed by atoms with Crippen molar-refractivity contribution in [2.75, 3.05) is 12.8 Å². The molecule has 0 aromatic heterocycles. The Balaban J connectivity index is 2.25. The van der Waals surface area contributed by atoms with Crippen LogP contribution in [-0.2, 0) is 4.74 Å². The van der Waals surface area contributed by atoms with E-state index in [9.17, 15) is 0 Å². The molecule has 0 unspecified atom stereocenters. The monoisotopic (exact) mass is 192 g/mol. The van der Waals surface area contributed by atoms with Gasteiger partial charge in [0.15, 0.2) is 0 Å². The van der Waals surface area contributed by atoms with Crippen LogP contribution in [0.2, 0.25) is 0 Å². The summed E-state index contributed by atoms with van der Waals surface area (Å²) in [6, 6.07) is 0. The molecule has 0 aromatic carbocycles. The van der Waals surface area contributed by atoms with E-state index in [4.69, 9.17) is 16.3 Å². The molecule has 3 heteroatoms. The molecule has 0 aromatic rings. The van der Waals surface area contributed by atoms with Crippen LogP contribution in [0.3, 0.4) is 0 Å². The highest BCUT2D eigenvalue weighted by molar-refractivity contribution is 6.24. The number of hydrogen-bond donors (Lipinski definition) is 0. The van der Waals surface area contributed by atoms with Crippen molar-refractivity contribution in [1.29, 1.82) is 0 Å². The predicted molar refractivity (Wildman–Crippen MR) is 52.4 cm³/mol.